The molecule has 5 nitrogen and oxygen atoms in total. The third-order valence-corrected chi connectivity index (χ3v) is 3.90. The Hall–Kier alpha value is -1.46. The summed E-state index contributed by atoms with van der Waals surface area (Å²) in [6, 6.07) is 2.32. The Morgan fingerprint density at radius 2 is 2.45 bits per heavy atom. The highest BCUT2D eigenvalue weighted by Crippen LogP contribution is 2.20. The van der Waals surface area contributed by atoms with Gasteiger partial charge in [0.2, 0.25) is 5.91 Å². The highest BCUT2D eigenvalue weighted by Gasteiger charge is 2.17. The zero-order valence-corrected chi connectivity index (χ0v) is 11.7. The van der Waals surface area contributed by atoms with Gasteiger partial charge in [0.1, 0.15) is 0 Å². The lowest BCUT2D eigenvalue weighted by Crippen LogP contribution is -2.44. The van der Waals surface area contributed by atoms with Crippen molar-refractivity contribution >= 4 is 5.91 Å². The van der Waals surface area contributed by atoms with Gasteiger partial charge in [-0.3, -0.25) is 9.78 Å². The Morgan fingerprint density at radius 1 is 1.50 bits per heavy atom. The van der Waals surface area contributed by atoms with E-state index in [1.807, 2.05) is 6.20 Å². The molecule has 1 aromatic rings. The number of pyridine rings is 1. The van der Waals surface area contributed by atoms with Gasteiger partial charge in [0.05, 0.1) is 13.2 Å². The number of carbonyl (C=O) groups excluding carboxylic acids is 1. The SMILES string of the molecule is O=C(CC1COCCN1)NCc1cnc2c(c1)CCC2. The van der Waals surface area contributed by atoms with E-state index in [0.717, 1.165) is 31.6 Å². The van der Waals surface area contributed by atoms with E-state index in [9.17, 15) is 4.79 Å². The van der Waals surface area contributed by atoms with Crippen LogP contribution in [0.2, 0.25) is 0 Å². The molecule has 1 atom stereocenters. The van der Waals surface area contributed by atoms with Gasteiger partial charge in [0, 0.05) is 37.4 Å². The Labute approximate surface area is 119 Å². The summed E-state index contributed by atoms with van der Waals surface area (Å²) in [5.74, 6) is 0.0634. The van der Waals surface area contributed by atoms with Crippen LogP contribution in [0.1, 0.15) is 29.7 Å². The van der Waals surface area contributed by atoms with Gasteiger partial charge < -0.3 is 15.4 Å². The number of rotatable bonds is 4. The maximum absolute atomic E-state index is 11.9. The van der Waals surface area contributed by atoms with Gasteiger partial charge in [0.25, 0.3) is 0 Å². The number of ether oxygens (including phenoxy) is 1. The summed E-state index contributed by atoms with van der Waals surface area (Å²) < 4.78 is 5.34. The number of fused-ring (bicyclic) bond motifs is 1. The zero-order chi connectivity index (χ0) is 13.8. The van der Waals surface area contributed by atoms with Crippen LogP contribution in [0.4, 0.5) is 0 Å². The summed E-state index contributed by atoms with van der Waals surface area (Å²) in [7, 11) is 0. The minimum absolute atomic E-state index is 0.0634. The van der Waals surface area contributed by atoms with Crippen molar-refractivity contribution in [1.82, 2.24) is 15.6 Å². The van der Waals surface area contributed by atoms with E-state index in [0.29, 0.717) is 19.6 Å². The van der Waals surface area contributed by atoms with Gasteiger partial charge in [0.15, 0.2) is 0 Å². The molecule has 2 N–H and O–H groups in total. The van der Waals surface area contributed by atoms with Crippen molar-refractivity contribution in [2.45, 2.75) is 38.3 Å². The number of hydrogen-bond acceptors (Lipinski definition) is 4. The van der Waals surface area contributed by atoms with Crippen LogP contribution in [-0.4, -0.2) is 36.7 Å². The van der Waals surface area contributed by atoms with Crippen molar-refractivity contribution in [2.24, 2.45) is 0 Å². The normalized spacial score (nSPS) is 21.5. The van der Waals surface area contributed by atoms with Crippen molar-refractivity contribution in [1.29, 1.82) is 0 Å². The van der Waals surface area contributed by atoms with E-state index in [1.165, 1.54) is 17.7 Å². The summed E-state index contributed by atoms with van der Waals surface area (Å²) in [6.45, 7) is 2.74. The fraction of sp³-hybridized carbons (Fsp3) is 0.600. The van der Waals surface area contributed by atoms with Crippen LogP contribution in [0.3, 0.4) is 0 Å². The van der Waals surface area contributed by atoms with E-state index in [2.05, 4.69) is 21.7 Å². The molecule has 1 fully saturated rings. The molecule has 0 aromatic carbocycles. The van der Waals surface area contributed by atoms with Crippen LogP contribution in [0.15, 0.2) is 12.3 Å². The van der Waals surface area contributed by atoms with Gasteiger partial charge in [-0.2, -0.15) is 0 Å². The largest absolute Gasteiger partial charge is 0.378 e. The fourth-order valence-electron chi connectivity index (χ4n) is 2.82. The second kappa shape index (κ2) is 6.33. The third kappa shape index (κ3) is 3.35. The predicted molar refractivity (Wildman–Crippen MR) is 75.3 cm³/mol. The van der Waals surface area contributed by atoms with E-state index in [1.54, 1.807) is 0 Å². The lowest BCUT2D eigenvalue weighted by atomic mass is 10.1. The maximum Gasteiger partial charge on any atom is 0.221 e. The minimum atomic E-state index is 0.0634. The lowest BCUT2D eigenvalue weighted by molar-refractivity contribution is -0.122. The molecule has 108 valence electrons. The molecule has 2 aliphatic rings. The molecule has 1 aliphatic heterocycles. The second-order valence-electron chi connectivity index (χ2n) is 5.51. The molecule has 1 unspecified atom stereocenters. The summed E-state index contributed by atoms with van der Waals surface area (Å²) in [4.78, 5) is 16.4. The monoisotopic (exact) mass is 275 g/mol. The molecule has 20 heavy (non-hydrogen) atoms. The average Bonchev–Trinajstić information content (AvgIpc) is 2.93. The number of morpholine rings is 1. The van der Waals surface area contributed by atoms with Crippen molar-refractivity contribution in [3.63, 3.8) is 0 Å². The average molecular weight is 275 g/mol. The Balaban J connectivity index is 1.47. The summed E-state index contributed by atoms with van der Waals surface area (Å²) in [6.07, 6.45) is 5.76. The van der Waals surface area contributed by atoms with Crippen LogP contribution >= 0.6 is 0 Å². The number of nitrogens with zero attached hydrogens (tertiary/aromatic N) is 1. The third-order valence-electron chi connectivity index (χ3n) is 3.90. The highest BCUT2D eigenvalue weighted by molar-refractivity contribution is 5.76. The first-order valence-corrected chi connectivity index (χ1v) is 7.36. The molecule has 0 saturated carbocycles. The number of carbonyl (C=O) groups is 1. The fourth-order valence-corrected chi connectivity index (χ4v) is 2.82. The van der Waals surface area contributed by atoms with E-state index < -0.39 is 0 Å². The number of hydrogen-bond donors (Lipinski definition) is 2. The highest BCUT2D eigenvalue weighted by atomic mass is 16.5. The molecule has 2 heterocycles. The summed E-state index contributed by atoms with van der Waals surface area (Å²) in [5.41, 5.74) is 3.66. The summed E-state index contributed by atoms with van der Waals surface area (Å²) >= 11 is 0. The Bertz CT molecular complexity index is 484. The van der Waals surface area contributed by atoms with Crippen molar-refractivity contribution in [2.75, 3.05) is 19.8 Å². The first-order chi connectivity index (χ1) is 9.81. The van der Waals surface area contributed by atoms with E-state index in [-0.39, 0.29) is 11.9 Å². The number of amides is 1. The van der Waals surface area contributed by atoms with Crippen molar-refractivity contribution in [3.05, 3.63) is 29.1 Å². The smallest absolute Gasteiger partial charge is 0.221 e. The predicted octanol–water partition coefficient (Wildman–Crippen LogP) is 0.565. The Kier molecular flexibility index (Phi) is 4.28. The lowest BCUT2D eigenvalue weighted by Gasteiger charge is -2.23. The van der Waals surface area contributed by atoms with Crippen LogP contribution < -0.4 is 10.6 Å². The van der Waals surface area contributed by atoms with Crippen LogP contribution in [-0.2, 0) is 28.9 Å². The topological polar surface area (TPSA) is 63.2 Å². The molecule has 1 aliphatic carbocycles. The van der Waals surface area contributed by atoms with Gasteiger partial charge in [-0.05, 0) is 30.4 Å². The molecule has 1 amide bonds. The van der Waals surface area contributed by atoms with Gasteiger partial charge in [-0.1, -0.05) is 6.07 Å². The first-order valence-electron chi connectivity index (χ1n) is 7.36. The molecule has 0 spiro atoms. The molecule has 1 aromatic heterocycles. The molecule has 5 heteroatoms. The molecule has 0 bridgehead atoms. The minimum Gasteiger partial charge on any atom is -0.378 e. The van der Waals surface area contributed by atoms with Crippen LogP contribution in [0.5, 0.6) is 0 Å². The first kappa shape index (κ1) is 13.5. The molecule has 0 radical (unpaired) electrons. The van der Waals surface area contributed by atoms with Crippen LogP contribution in [0.25, 0.3) is 0 Å². The molecule has 1 saturated heterocycles. The standard InChI is InChI=1S/C15H21N3O2/c19-15(7-13-10-20-5-4-16-13)18-9-11-6-12-2-1-3-14(12)17-8-11/h6,8,13,16H,1-5,7,9-10H2,(H,18,19). The second-order valence-corrected chi connectivity index (χ2v) is 5.51. The molecular weight excluding hydrogens is 254 g/mol. The quantitative estimate of drug-likeness (QED) is 0.843. The maximum atomic E-state index is 11.9. The zero-order valence-electron chi connectivity index (χ0n) is 11.7. The van der Waals surface area contributed by atoms with Crippen molar-refractivity contribution in [3.8, 4) is 0 Å². The van der Waals surface area contributed by atoms with Gasteiger partial charge in [-0.25, -0.2) is 0 Å². The molecular formula is C15H21N3O2. The van der Waals surface area contributed by atoms with Crippen LogP contribution in [0, 0.1) is 0 Å². The number of aromatic nitrogens is 1. The number of nitrogens with one attached hydrogen (secondary N) is 2. The molecule has 3 rings (SSSR count). The summed E-state index contributed by atoms with van der Waals surface area (Å²) in [5, 5.41) is 6.25. The van der Waals surface area contributed by atoms with E-state index in [4.69, 9.17) is 4.74 Å². The van der Waals surface area contributed by atoms with Crippen molar-refractivity contribution < 1.29 is 9.53 Å². The van der Waals surface area contributed by atoms with Gasteiger partial charge >= 0.3 is 0 Å². The van der Waals surface area contributed by atoms with Gasteiger partial charge in [-0.15, -0.1) is 0 Å². The Morgan fingerprint density at radius 3 is 3.30 bits per heavy atom. The number of aryl methyl sites for hydroxylation is 2. The van der Waals surface area contributed by atoms with E-state index >= 15 is 0 Å².